The highest BCUT2D eigenvalue weighted by atomic mass is 35.5. The molecule has 1 aromatic rings. The summed E-state index contributed by atoms with van der Waals surface area (Å²) in [5, 5.41) is 2.73. The number of ether oxygens (including phenoxy) is 1. The van der Waals surface area contributed by atoms with Gasteiger partial charge in [-0.25, -0.2) is 4.79 Å². The van der Waals surface area contributed by atoms with Crippen LogP contribution in [0.25, 0.3) is 0 Å². The topological polar surface area (TPSA) is 55.4 Å². The summed E-state index contributed by atoms with van der Waals surface area (Å²) < 4.78 is 4.55. The third kappa shape index (κ3) is 6.00. The molecule has 98 valence electrons. The fourth-order valence-electron chi connectivity index (χ4n) is 1.16. The van der Waals surface area contributed by atoms with Gasteiger partial charge < -0.3 is 10.1 Å². The Morgan fingerprint density at radius 2 is 1.83 bits per heavy atom. The van der Waals surface area contributed by atoms with Crippen molar-refractivity contribution in [2.45, 2.75) is 6.61 Å². The van der Waals surface area contributed by atoms with Gasteiger partial charge in [0, 0.05) is 24.7 Å². The van der Waals surface area contributed by atoms with Crippen LogP contribution in [0.3, 0.4) is 0 Å². The van der Waals surface area contributed by atoms with Gasteiger partial charge in [0.1, 0.15) is 6.61 Å². The van der Waals surface area contributed by atoms with Gasteiger partial charge in [0.25, 0.3) is 0 Å². The SMILES string of the molecule is O=C(Cl)C1CNC1.O=C(Cl)OCc1ccccc1. The maximum atomic E-state index is 10.2. The van der Waals surface area contributed by atoms with E-state index in [1.807, 2.05) is 30.3 Å². The number of benzene rings is 1. The van der Waals surface area contributed by atoms with Crippen LogP contribution in [0.5, 0.6) is 0 Å². The van der Waals surface area contributed by atoms with Crippen molar-refractivity contribution in [2.75, 3.05) is 13.1 Å². The zero-order valence-electron chi connectivity index (χ0n) is 9.57. The first kappa shape index (κ1) is 15.0. The van der Waals surface area contributed by atoms with Gasteiger partial charge in [-0.05, 0) is 17.2 Å². The molecule has 1 aromatic carbocycles. The lowest BCUT2D eigenvalue weighted by Gasteiger charge is -2.22. The van der Waals surface area contributed by atoms with E-state index < -0.39 is 5.43 Å². The molecule has 18 heavy (non-hydrogen) atoms. The maximum absolute atomic E-state index is 10.2. The summed E-state index contributed by atoms with van der Waals surface area (Å²) in [5.74, 6) is 0.0988. The smallest absolute Gasteiger partial charge is 0.404 e. The Balaban J connectivity index is 0.000000199. The number of carbonyl (C=O) groups excluding carboxylic acids is 2. The highest BCUT2D eigenvalue weighted by molar-refractivity contribution is 6.64. The van der Waals surface area contributed by atoms with Crippen molar-refractivity contribution in [1.29, 1.82) is 0 Å². The van der Waals surface area contributed by atoms with E-state index in [1.54, 1.807) is 0 Å². The van der Waals surface area contributed by atoms with Crippen LogP contribution in [0, 0.1) is 5.92 Å². The van der Waals surface area contributed by atoms with Gasteiger partial charge in [-0.3, -0.25) is 4.79 Å². The number of rotatable bonds is 3. The summed E-state index contributed by atoms with van der Waals surface area (Å²) in [4.78, 5) is 20.3. The van der Waals surface area contributed by atoms with E-state index in [9.17, 15) is 9.59 Å². The van der Waals surface area contributed by atoms with Crippen LogP contribution in [0.1, 0.15) is 5.56 Å². The molecular weight excluding hydrogens is 277 g/mol. The van der Waals surface area contributed by atoms with Crippen LogP contribution in [0.2, 0.25) is 0 Å². The molecule has 6 heteroatoms. The van der Waals surface area contributed by atoms with Crippen molar-refractivity contribution in [2.24, 2.45) is 5.92 Å². The Kier molecular flexibility index (Phi) is 6.72. The molecule has 0 unspecified atom stereocenters. The molecule has 0 saturated carbocycles. The van der Waals surface area contributed by atoms with Gasteiger partial charge in [-0.2, -0.15) is 0 Å². The highest BCUT2D eigenvalue weighted by Crippen LogP contribution is 2.05. The van der Waals surface area contributed by atoms with Crippen molar-refractivity contribution in [1.82, 2.24) is 5.32 Å². The van der Waals surface area contributed by atoms with Crippen molar-refractivity contribution in [3.8, 4) is 0 Å². The molecule has 1 saturated heterocycles. The largest absolute Gasteiger partial charge is 0.449 e. The fraction of sp³-hybridized carbons (Fsp3) is 0.333. The lowest BCUT2D eigenvalue weighted by molar-refractivity contribution is -0.116. The maximum Gasteiger partial charge on any atom is 0.404 e. The molecule has 1 aliphatic rings. The number of nitrogens with one attached hydrogen (secondary N) is 1. The molecule has 1 heterocycles. The third-order valence-corrected chi connectivity index (χ3v) is 2.72. The second-order valence-corrected chi connectivity index (χ2v) is 4.35. The van der Waals surface area contributed by atoms with Gasteiger partial charge in [0.2, 0.25) is 5.24 Å². The first-order chi connectivity index (χ1) is 8.59. The van der Waals surface area contributed by atoms with Crippen molar-refractivity contribution in [3.05, 3.63) is 35.9 Å². The van der Waals surface area contributed by atoms with E-state index in [-0.39, 0.29) is 17.8 Å². The van der Waals surface area contributed by atoms with Crippen LogP contribution in [0.15, 0.2) is 30.3 Å². The minimum absolute atomic E-state index is 0.0988. The molecule has 2 rings (SSSR count). The quantitative estimate of drug-likeness (QED) is 0.869. The molecule has 0 atom stereocenters. The third-order valence-electron chi connectivity index (χ3n) is 2.30. The summed E-state index contributed by atoms with van der Waals surface area (Å²) in [6.07, 6.45) is 0. The van der Waals surface area contributed by atoms with Crippen molar-refractivity contribution < 1.29 is 14.3 Å². The van der Waals surface area contributed by atoms with Crippen LogP contribution in [-0.4, -0.2) is 23.8 Å². The predicted molar refractivity (Wildman–Crippen MR) is 69.7 cm³/mol. The Bertz CT molecular complexity index is 394. The second-order valence-electron chi connectivity index (χ2n) is 3.67. The summed E-state index contributed by atoms with van der Waals surface area (Å²) >= 11 is 10.1. The monoisotopic (exact) mass is 289 g/mol. The van der Waals surface area contributed by atoms with Gasteiger partial charge in [0.15, 0.2) is 0 Å². The Hall–Kier alpha value is -1.10. The molecule has 0 spiro atoms. The minimum Gasteiger partial charge on any atom is -0.449 e. The van der Waals surface area contributed by atoms with Gasteiger partial charge in [-0.1, -0.05) is 30.3 Å². The van der Waals surface area contributed by atoms with E-state index >= 15 is 0 Å². The van der Waals surface area contributed by atoms with Gasteiger partial charge in [0.05, 0.1) is 5.92 Å². The lowest BCUT2D eigenvalue weighted by Crippen LogP contribution is -2.45. The molecular formula is C12H13Cl2NO3. The van der Waals surface area contributed by atoms with Crippen LogP contribution in [0.4, 0.5) is 4.79 Å². The minimum atomic E-state index is -0.770. The lowest BCUT2D eigenvalue weighted by atomic mass is 10.1. The molecule has 1 N–H and O–H groups in total. The number of halogens is 2. The summed E-state index contributed by atoms with van der Waals surface area (Å²) in [7, 11) is 0. The molecule has 4 nitrogen and oxygen atoms in total. The molecule has 0 radical (unpaired) electrons. The summed E-state index contributed by atoms with van der Waals surface area (Å²) in [5.41, 5.74) is 0.162. The molecule has 0 aliphatic carbocycles. The van der Waals surface area contributed by atoms with E-state index in [4.69, 9.17) is 23.2 Å². The zero-order chi connectivity index (χ0) is 13.4. The highest BCUT2D eigenvalue weighted by Gasteiger charge is 2.22. The van der Waals surface area contributed by atoms with E-state index in [2.05, 4.69) is 10.1 Å². The normalized spacial score (nSPS) is 13.9. The number of hydrogen-bond acceptors (Lipinski definition) is 4. The molecule has 0 amide bonds. The fourth-order valence-corrected chi connectivity index (χ4v) is 1.37. The summed E-state index contributed by atoms with van der Waals surface area (Å²) in [6, 6.07) is 9.36. The first-order valence-corrected chi connectivity index (χ1v) is 6.11. The van der Waals surface area contributed by atoms with Crippen molar-refractivity contribution >= 4 is 33.9 Å². The van der Waals surface area contributed by atoms with Gasteiger partial charge >= 0.3 is 5.43 Å². The Morgan fingerprint density at radius 1 is 1.22 bits per heavy atom. The van der Waals surface area contributed by atoms with E-state index in [1.165, 1.54) is 0 Å². The van der Waals surface area contributed by atoms with Crippen LogP contribution >= 0.6 is 23.2 Å². The Morgan fingerprint density at radius 3 is 2.17 bits per heavy atom. The average molecular weight is 290 g/mol. The number of hydrogen-bond donors (Lipinski definition) is 1. The number of carbonyl (C=O) groups is 2. The van der Waals surface area contributed by atoms with Gasteiger partial charge in [-0.15, -0.1) is 0 Å². The average Bonchev–Trinajstić information content (AvgIpc) is 2.25. The van der Waals surface area contributed by atoms with E-state index in [0.717, 1.165) is 18.7 Å². The first-order valence-electron chi connectivity index (χ1n) is 5.36. The van der Waals surface area contributed by atoms with Crippen LogP contribution < -0.4 is 5.32 Å². The van der Waals surface area contributed by atoms with Crippen LogP contribution in [-0.2, 0) is 16.1 Å². The molecule has 0 bridgehead atoms. The predicted octanol–water partition coefficient (Wildman–Crippen LogP) is 2.53. The van der Waals surface area contributed by atoms with Crippen molar-refractivity contribution in [3.63, 3.8) is 0 Å². The zero-order valence-corrected chi connectivity index (χ0v) is 11.1. The summed E-state index contributed by atoms with van der Waals surface area (Å²) in [6.45, 7) is 1.77. The standard InChI is InChI=1S/C8H7ClO2.C4H6ClNO/c9-8(10)11-6-7-4-2-1-3-5-7;5-4(7)3-1-6-2-3/h1-5H,6H2;3,6H,1-2H2. The second kappa shape index (κ2) is 8.08. The Labute approximate surface area is 115 Å². The van der Waals surface area contributed by atoms with E-state index in [0.29, 0.717) is 0 Å². The molecule has 0 aromatic heterocycles. The molecule has 1 fully saturated rings. The molecule has 1 aliphatic heterocycles.